The topological polar surface area (TPSA) is 52.8 Å². The van der Waals surface area contributed by atoms with Gasteiger partial charge in [0.2, 0.25) is 0 Å². The monoisotopic (exact) mass is 282 g/mol. The first-order valence-corrected chi connectivity index (χ1v) is 6.45. The minimum absolute atomic E-state index is 0.393. The fraction of sp³-hybridized carbons (Fsp3) is 0.125. The van der Waals surface area contributed by atoms with E-state index < -0.39 is 5.97 Å². The Kier molecular flexibility index (Phi) is 3.31. The molecule has 0 aliphatic rings. The molecule has 0 aliphatic heterocycles. The van der Waals surface area contributed by atoms with Crippen molar-refractivity contribution in [2.45, 2.75) is 0 Å². The predicted molar refractivity (Wildman–Crippen MR) is 78.5 cm³/mol. The van der Waals surface area contributed by atoms with Crippen molar-refractivity contribution in [3.8, 4) is 17.0 Å². The lowest BCUT2D eigenvalue weighted by Gasteiger charge is -2.08. The molecule has 0 fully saturated rings. The Hall–Kier alpha value is -2.82. The molecular formula is C16H14N2O3. The van der Waals surface area contributed by atoms with E-state index in [4.69, 9.17) is 9.47 Å². The Labute approximate surface area is 121 Å². The summed E-state index contributed by atoms with van der Waals surface area (Å²) in [5.41, 5.74) is 2.81. The Morgan fingerprint density at radius 1 is 1.05 bits per heavy atom. The summed E-state index contributed by atoms with van der Waals surface area (Å²) in [5.74, 6) is 0.316. The standard InChI is InChI=1S/C16H14N2O3/c1-20-15-6-4-3-5-12(15)13-9-7-11-8-10-14(16(19)21-2)18(11)17-13/h3-10H,1-2H3. The average molecular weight is 282 g/mol. The molecule has 1 aromatic carbocycles. The number of hydrogen-bond donors (Lipinski definition) is 0. The summed E-state index contributed by atoms with van der Waals surface area (Å²) in [6, 6.07) is 14.9. The van der Waals surface area contributed by atoms with Crippen LogP contribution in [0, 0.1) is 0 Å². The first kappa shape index (κ1) is 13.2. The number of ether oxygens (including phenoxy) is 2. The number of nitrogens with zero attached hydrogens (tertiary/aromatic N) is 2. The summed E-state index contributed by atoms with van der Waals surface area (Å²) < 4.78 is 11.7. The van der Waals surface area contributed by atoms with Gasteiger partial charge in [-0.3, -0.25) is 0 Å². The zero-order valence-corrected chi connectivity index (χ0v) is 11.7. The highest BCUT2D eigenvalue weighted by Crippen LogP contribution is 2.28. The number of aromatic nitrogens is 2. The van der Waals surface area contributed by atoms with Crippen LogP contribution in [0.25, 0.3) is 16.8 Å². The summed E-state index contributed by atoms with van der Waals surface area (Å²) >= 11 is 0. The second kappa shape index (κ2) is 5.28. The third kappa shape index (κ3) is 2.23. The molecule has 106 valence electrons. The number of hydrogen-bond acceptors (Lipinski definition) is 4. The summed E-state index contributed by atoms with van der Waals surface area (Å²) in [7, 11) is 2.97. The molecule has 0 radical (unpaired) electrons. The van der Waals surface area contributed by atoms with E-state index in [1.54, 1.807) is 17.7 Å². The fourth-order valence-corrected chi connectivity index (χ4v) is 2.25. The van der Waals surface area contributed by atoms with Crippen LogP contribution in [0.1, 0.15) is 10.5 Å². The Balaban J connectivity index is 2.18. The van der Waals surface area contributed by atoms with Gasteiger partial charge >= 0.3 is 5.97 Å². The molecule has 0 amide bonds. The molecule has 5 heteroatoms. The minimum Gasteiger partial charge on any atom is -0.496 e. The van der Waals surface area contributed by atoms with Crippen LogP contribution >= 0.6 is 0 Å². The number of rotatable bonds is 3. The largest absolute Gasteiger partial charge is 0.496 e. The van der Waals surface area contributed by atoms with Gasteiger partial charge in [-0.05, 0) is 36.4 Å². The smallest absolute Gasteiger partial charge is 0.356 e. The highest BCUT2D eigenvalue weighted by Gasteiger charge is 2.14. The first-order valence-electron chi connectivity index (χ1n) is 6.45. The van der Waals surface area contributed by atoms with E-state index in [0.29, 0.717) is 5.69 Å². The van der Waals surface area contributed by atoms with E-state index in [0.717, 1.165) is 22.5 Å². The molecule has 2 heterocycles. The lowest BCUT2D eigenvalue weighted by Crippen LogP contribution is -2.07. The van der Waals surface area contributed by atoms with E-state index in [9.17, 15) is 4.79 Å². The van der Waals surface area contributed by atoms with Gasteiger partial charge in [-0.15, -0.1) is 0 Å². The molecule has 3 aromatic rings. The zero-order chi connectivity index (χ0) is 14.8. The number of carbonyl (C=O) groups is 1. The van der Waals surface area contributed by atoms with Crippen molar-refractivity contribution >= 4 is 11.5 Å². The van der Waals surface area contributed by atoms with E-state index in [1.165, 1.54) is 7.11 Å². The SMILES string of the molecule is COC(=O)c1ccc2ccc(-c3ccccc3OC)nn12. The van der Waals surface area contributed by atoms with Gasteiger partial charge in [0.1, 0.15) is 5.75 Å². The molecule has 21 heavy (non-hydrogen) atoms. The van der Waals surface area contributed by atoms with Crippen molar-refractivity contribution in [1.82, 2.24) is 9.61 Å². The highest BCUT2D eigenvalue weighted by atomic mass is 16.5. The molecule has 5 nitrogen and oxygen atoms in total. The van der Waals surface area contributed by atoms with Gasteiger partial charge in [-0.25, -0.2) is 9.31 Å². The molecule has 0 bridgehead atoms. The fourth-order valence-electron chi connectivity index (χ4n) is 2.25. The van der Waals surface area contributed by atoms with Crippen LogP contribution in [0.5, 0.6) is 5.75 Å². The van der Waals surface area contributed by atoms with Crippen molar-refractivity contribution in [2.75, 3.05) is 14.2 Å². The van der Waals surface area contributed by atoms with Crippen LogP contribution in [0.2, 0.25) is 0 Å². The maximum Gasteiger partial charge on any atom is 0.356 e. The number of fused-ring (bicyclic) bond motifs is 1. The van der Waals surface area contributed by atoms with Crippen molar-refractivity contribution in [1.29, 1.82) is 0 Å². The molecule has 0 saturated carbocycles. The molecule has 0 atom stereocenters. The first-order chi connectivity index (χ1) is 10.2. The van der Waals surface area contributed by atoms with E-state index >= 15 is 0 Å². The molecular weight excluding hydrogens is 268 g/mol. The van der Waals surface area contributed by atoms with Crippen LogP contribution in [0.4, 0.5) is 0 Å². The van der Waals surface area contributed by atoms with Crippen molar-refractivity contribution in [3.05, 3.63) is 54.2 Å². The highest BCUT2D eigenvalue weighted by molar-refractivity contribution is 5.89. The van der Waals surface area contributed by atoms with Crippen LogP contribution in [-0.4, -0.2) is 29.8 Å². The predicted octanol–water partition coefficient (Wildman–Crippen LogP) is 2.80. The second-order valence-electron chi connectivity index (χ2n) is 4.47. The number of para-hydroxylation sites is 1. The van der Waals surface area contributed by atoms with Gasteiger partial charge < -0.3 is 9.47 Å². The summed E-state index contributed by atoms with van der Waals surface area (Å²) in [6.45, 7) is 0. The lowest BCUT2D eigenvalue weighted by molar-refractivity contribution is 0.0591. The van der Waals surface area contributed by atoms with Crippen LogP contribution < -0.4 is 4.74 Å². The van der Waals surface area contributed by atoms with E-state index in [2.05, 4.69) is 5.10 Å². The molecule has 3 rings (SSSR count). The molecule has 0 N–H and O–H groups in total. The van der Waals surface area contributed by atoms with Crippen LogP contribution in [0.15, 0.2) is 48.5 Å². The number of benzene rings is 1. The quantitative estimate of drug-likeness (QED) is 0.693. The maximum absolute atomic E-state index is 11.8. The third-order valence-electron chi connectivity index (χ3n) is 3.28. The van der Waals surface area contributed by atoms with Gasteiger partial charge in [0, 0.05) is 5.56 Å². The van der Waals surface area contributed by atoms with E-state index in [1.807, 2.05) is 42.5 Å². The van der Waals surface area contributed by atoms with Gasteiger partial charge in [0.25, 0.3) is 0 Å². The minimum atomic E-state index is -0.417. The summed E-state index contributed by atoms with van der Waals surface area (Å²) in [5, 5.41) is 4.52. The van der Waals surface area contributed by atoms with Gasteiger partial charge in [-0.1, -0.05) is 12.1 Å². The van der Waals surface area contributed by atoms with Crippen molar-refractivity contribution in [2.24, 2.45) is 0 Å². The lowest BCUT2D eigenvalue weighted by atomic mass is 10.1. The van der Waals surface area contributed by atoms with Gasteiger partial charge in [0.15, 0.2) is 5.69 Å². The van der Waals surface area contributed by atoms with E-state index in [-0.39, 0.29) is 0 Å². The van der Waals surface area contributed by atoms with Crippen molar-refractivity contribution in [3.63, 3.8) is 0 Å². The van der Waals surface area contributed by atoms with Crippen LogP contribution in [-0.2, 0) is 4.74 Å². The maximum atomic E-state index is 11.8. The van der Waals surface area contributed by atoms with Gasteiger partial charge in [0.05, 0.1) is 25.4 Å². The summed E-state index contributed by atoms with van der Waals surface area (Å²) in [4.78, 5) is 11.8. The molecule has 2 aromatic heterocycles. The number of carbonyl (C=O) groups excluding carboxylic acids is 1. The number of esters is 1. The summed E-state index contributed by atoms with van der Waals surface area (Å²) in [6.07, 6.45) is 0. The Morgan fingerprint density at radius 2 is 1.81 bits per heavy atom. The Morgan fingerprint density at radius 3 is 2.57 bits per heavy atom. The molecule has 0 saturated heterocycles. The molecule has 0 unspecified atom stereocenters. The Bertz CT molecular complexity index is 808. The molecule has 0 aliphatic carbocycles. The third-order valence-corrected chi connectivity index (χ3v) is 3.28. The second-order valence-corrected chi connectivity index (χ2v) is 4.47. The van der Waals surface area contributed by atoms with Gasteiger partial charge in [-0.2, -0.15) is 5.10 Å². The normalized spacial score (nSPS) is 10.6. The zero-order valence-electron chi connectivity index (χ0n) is 11.7. The number of methoxy groups -OCH3 is 2. The average Bonchev–Trinajstić information content (AvgIpc) is 2.97. The van der Waals surface area contributed by atoms with Crippen molar-refractivity contribution < 1.29 is 14.3 Å². The molecule has 0 spiro atoms. The van der Waals surface area contributed by atoms with Crippen LogP contribution in [0.3, 0.4) is 0 Å².